The molecule has 8 heteroatoms. The molecular weight excluding hydrogens is 333 g/mol. The number of halogens is 5. The SMILES string of the molecule is O=C(O)C(CC(F)(F)CC1CC1)NC(c1ccccc1)C(F)(F)F. The van der Waals surface area contributed by atoms with Crippen LogP contribution in [0.2, 0.25) is 0 Å². The molecule has 1 fully saturated rings. The number of hydrogen-bond donors (Lipinski definition) is 2. The zero-order chi connectivity index (χ0) is 18.0. The molecule has 0 spiro atoms. The third-order valence-electron chi connectivity index (χ3n) is 3.91. The van der Waals surface area contributed by atoms with Gasteiger partial charge in [-0.25, -0.2) is 8.78 Å². The third-order valence-corrected chi connectivity index (χ3v) is 3.91. The number of nitrogens with one attached hydrogen (secondary N) is 1. The molecule has 0 aromatic heterocycles. The molecule has 1 aliphatic rings. The summed E-state index contributed by atoms with van der Waals surface area (Å²) in [6.07, 6.45) is -5.16. The molecule has 0 amide bonds. The van der Waals surface area contributed by atoms with Crippen molar-refractivity contribution < 1.29 is 31.9 Å². The molecule has 1 aromatic rings. The number of benzene rings is 1. The Morgan fingerprint density at radius 2 is 1.75 bits per heavy atom. The Morgan fingerprint density at radius 1 is 1.17 bits per heavy atom. The maximum atomic E-state index is 13.9. The maximum absolute atomic E-state index is 13.9. The first kappa shape index (κ1) is 18.6. The Labute approximate surface area is 135 Å². The fourth-order valence-corrected chi connectivity index (χ4v) is 2.57. The van der Waals surface area contributed by atoms with E-state index in [4.69, 9.17) is 5.11 Å². The molecule has 1 aliphatic carbocycles. The van der Waals surface area contributed by atoms with E-state index in [0.29, 0.717) is 12.8 Å². The maximum Gasteiger partial charge on any atom is 0.407 e. The summed E-state index contributed by atoms with van der Waals surface area (Å²) < 4.78 is 67.5. The summed E-state index contributed by atoms with van der Waals surface area (Å²) in [6.45, 7) is 0. The molecule has 0 heterocycles. The van der Waals surface area contributed by atoms with Gasteiger partial charge in [-0.05, 0) is 24.3 Å². The first-order valence-electron chi connectivity index (χ1n) is 7.57. The zero-order valence-electron chi connectivity index (χ0n) is 12.7. The normalized spacial score (nSPS) is 18.2. The van der Waals surface area contributed by atoms with Gasteiger partial charge in [-0.2, -0.15) is 13.2 Å². The van der Waals surface area contributed by atoms with Gasteiger partial charge >= 0.3 is 12.1 Å². The summed E-state index contributed by atoms with van der Waals surface area (Å²) in [5.74, 6) is -5.21. The highest BCUT2D eigenvalue weighted by Crippen LogP contribution is 2.41. The average molecular weight is 351 g/mol. The van der Waals surface area contributed by atoms with Crippen molar-refractivity contribution in [3.63, 3.8) is 0 Å². The average Bonchev–Trinajstić information content (AvgIpc) is 3.25. The third kappa shape index (κ3) is 5.43. The number of carbonyl (C=O) groups is 1. The van der Waals surface area contributed by atoms with Crippen molar-refractivity contribution in [2.45, 2.75) is 49.9 Å². The van der Waals surface area contributed by atoms with Crippen LogP contribution in [0.25, 0.3) is 0 Å². The minimum atomic E-state index is -4.80. The van der Waals surface area contributed by atoms with Crippen LogP contribution in [0.5, 0.6) is 0 Å². The summed E-state index contributed by atoms with van der Waals surface area (Å²) in [5, 5.41) is 10.9. The summed E-state index contributed by atoms with van der Waals surface area (Å²) in [4.78, 5) is 11.2. The van der Waals surface area contributed by atoms with Crippen LogP contribution in [0.15, 0.2) is 30.3 Å². The largest absolute Gasteiger partial charge is 0.480 e. The molecule has 1 aromatic carbocycles. The van der Waals surface area contributed by atoms with Crippen LogP contribution in [0.3, 0.4) is 0 Å². The van der Waals surface area contributed by atoms with Crippen molar-refractivity contribution in [1.82, 2.24) is 5.32 Å². The molecule has 0 bridgehead atoms. The number of carboxylic acids is 1. The van der Waals surface area contributed by atoms with E-state index in [-0.39, 0.29) is 11.5 Å². The van der Waals surface area contributed by atoms with Crippen molar-refractivity contribution in [2.75, 3.05) is 0 Å². The lowest BCUT2D eigenvalue weighted by atomic mass is 10.00. The van der Waals surface area contributed by atoms with Crippen molar-refractivity contribution in [3.8, 4) is 0 Å². The Hall–Kier alpha value is -1.70. The van der Waals surface area contributed by atoms with E-state index in [2.05, 4.69) is 0 Å². The van der Waals surface area contributed by atoms with E-state index in [1.807, 2.05) is 5.32 Å². The van der Waals surface area contributed by atoms with Gasteiger partial charge in [0.15, 0.2) is 0 Å². The summed E-state index contributed by atoms with van der Waals surface area (Å²) in [7, 11) is 0. The lowest BCUT2D eigenvalue weighted by molar-refractivity contribution is -0.166. The van der Waals surface area contributed by atoms with Crippen LogP contribution in [-0.2, 0) is 4.79 Å². The second-order valence-corrected chi connectivity index (χ2v) is 6.15. The Balaban J connectivity index is 2.15. The molecule has 0 radical (unpaired) electrons. The number of rotatable bonds is 8. The number of aliphatic carboxylic acids is 1. The molecule has 0 saturated heterocycles. The van der Waals surface area contributed by atoms with Gasteiger partial charge in [0.25, 0.3) is 5.92 Å². The van der Waals surface area contributed by atoms with Gasteiger partial charge in [-0.3, -0.25) is 10.1 Å². The minimum Gasteiger partial charge on any atom is -0.480 e. The fourth-order valence-electron chi connectivity index (χ4n) is 2.57. The fraction of sp³-hybridized carbons (Fsp3) is 0.562. The second kappa shape index (κ2) is 7.04. The van der Waals surface area contributed by atoms with Gasteiger partial charge in [0.05, 0.1) is 0 Å². The highest BCUT2D eigenvalue weighted by Gasteiger charge is 2.46. The van der Waals surface area contributed by atoms with Crippen molar-refractivity contribution in [3.05, 3.63) is 35.9 Å². The van der Waals surface area contributed by atoms with Crippen molar-refractivity contribution >= 4 is 5.97 Å². The van der Waals surface area contributed by atoms with Crippen molar-refractivity contribution in [2.24, 2.45) is 5.92 Å². The Morgan fingerprint density at radius 3 is 2.21 bits per heavy atom. The molecule has 24 heavy (non-hydrogen) atoms. The molecular formula is C16H18F5NO2. The molecule has 2 rings (SSSR count). The molecule has 3 nitrogen and oxygen atoms in total. The molecule has 2 atom stereocenters. The predicted octanol–water partition coefficient (Wildman–Crippen LogP) is 4.16. The Bertz CT molecular complexity index is 557. The monoisotopic (exact) mass is 351 g/mol. The lowest BCUT2D eigenvalue weighted by Crippen LogP contribution is -2.47. The predicted molar refractivity (Wildman–Crippen MR) is 76.7 cm³/mol. The Kier molecular flexibility index (Phi) is 5.47. The molecule has 1 saturated carbocycles. The van der Waals surface area contributed by atoms with Gasteiger partial charge < -0.3 is 5.11 Å². The standard InChI is InChI=1S/C16H18F5NO2/c17-15(18,8-10-6-7-10)9-12(14(23)24)22-13(16(19,20)21)11-4-2-1-3-5-11/h1-5,10,12-13,22H,6-9H2,(H,23,24). The second-order valence-electron chi connectivity index (χ2n) is 6.15. The van der Waals surface area contributed by atoms with Crippen LogP contribution in [0.1, 0.15) is 37.3 Å². The smallest absolute Gasteiger partial charge is 0.407 e. The van der Waals surface area contributed by atoms with Crippen LogP contribution < -0.4 is 5.32 Å². The number of alkyl halides is 5. The first-order chi connectivity index (χ1) is 11.1. The van der Waals surface area contributed by atoms with E-state index >= 15 is 0 Å². The highest BCUT2D eigenvalue weighted by molar-refractivity contribution is 5.73. The van der Waals surface area contributed by atoms with Crippen LogP contribution in [0, 0.1) is 5.92 Å². The molecule has 2 unspecified atom stereocenters. The number of carboxylic acid groups (broad SMARTS) is 1. The summed E-state index contributed by atoms with van der Waals surface area (Å²) in [6, 6.07) is 2.27. The van der Waals surface area contributed by atoms with E-state index in [1.54, 1.807) is 0 Å². The zero-order valence-corrected chi connectivity index (χ0v) is 12.7. The van der Waals surface area contributed by atoms with Crippen LogP contribution in [0.4, 0.5) is 22.0 Å². The van der Waals surface area contributed by atoms with Crippen molar-refractivity contribution in [1.29, 1.82) is 0 Å². The molecule has 0 aliphatic heterocycles. The van der Waals surface area contributed by atoms with E-state index < -0.39 is 43.0 Å². The molecule has 134 valence electrons. The van der Waals surface area contributed by atoms with Crippen LogP contribution >= 0.6 is 0 Å². The van der Waals surface area contributed by atoms with Gasteiger partial charge in [0, 0.05) is 12.8 Å². The lowest BCUT2D eigenvalue weighted by Gasteiger charge is -2.28. The summed E-state index contributed by atoms with van der Waals surface area (Å²) in [5.41, 5.74) is -0.221. The highest BCUT2D eigenvalue weighted by atomic mass is 19.4. The summed E-state index contributed by atoms with van der Waals surface area (Å²) >= 11 is 0. The minimum absolute atomic E-state index is 0.165. The van der Waals surface area contributed by atoms with E-state index in [1.165, 1.54) is 30.3 Å². The first-order valence-corrected chi connectivity index (χ1v) is 7.57. The topological polar surface area (TPSA) is 49.3 Å². The van der Waals surface area contributed by atoms with Gasteiger partial charge in [-0.15, -0.1) is 0 Å². The van der Waals surface area contributed by atoms with Gasteiger partial charge in [0.1, 0.15) is 12.1 Å². The number of hydrogen-bond acceptors (Lipinski definition) is 2. The van der Waals surface area contributed by atoms with E-state index in [0.717, 1.165) is 0 Å². The quantitative estimate of drug-likeness (QED) is 0.692. The van der Waals surface area contributed by atoms with Gasteiger partial charge in [-0.1, -0.05) is 30.3 Å². The van der Waals surface area contributed by atoms with Gasteiger partial charge in [0.2, 0.25) is 0 Å². The molecule has 2 N–H and O–H groups in total. The van der Waals surface area contributed by atoms with Crippen LogP contribution in [-0.4, -0.2) is 29.2 Å². The van der Waals surface area contributed by atoms with E-state index in [9.17, 15) is 26.7 Å².